The number of allylic oxidation sites excluding steroid dienone is 3. The topological polar surface area (TPSA) is 20.3 Å². The molecule has 0 radical (unpaired) electrons. The van der Waals surface area contributed by atoms with Crippen molar-refractivity contribution in [2.45, 2.75) is 38.8 Å². The van der Waals surface area contributed by atoms with Crippen molar-refractivity contribution < 1.29 is 4.79 Å². The van der Waals surface area contributed by atoms with Gasteiger partial charge in [0, 0.05) is 17.1 Å². The summed E-state index contributed by atoms with van der Waals surface area (Å²) < 4.78 is 0. The summed E-state index contributed by atoms with van der Waals surface area (Å²) in [4.78, 5) is 14.3. The number of hydrogen-bond acceptors (Lipinski definition) is 1. The van der Waals surface area contributed by atoms with Crippen LogP contribution in [0.15, 0.2) is 48.6 Å². The molecule has 2 rings (SSSR count). The van der Waals surface area contributed by atoms with Crippen LogP contribution in [0.25, 0.3) is 0 Å². The molecule has 106 valence electrons. The van der Waals surface area contributed by atoms with E-state index in [1.807, 2.05) is 48.2 Å². The molecule has 20 heavy (non-hydrogen) atoms. The Balaban J connectivity index is 2.15. The molecular formula is C17H20ClNO. The minimum atomic E-state index is 0.0718. The van der Waals surface area contributed by atoms with E-state index in [2.05, 4.69) is 6.92 Å². The molecule has 0 saturated heterocycles. The second kappa shape index (κ2) is 6.76. The van der Waals surface area contributed by atoms with E-state index in [0.717, 1.165) is 23.4 Å². The van der Waals surface area contributed by atoms with Gasteiger partial charge in [0.1, 0.15) is 0 Å². The fourth-order valence-corrected chi connectivity index (χ4v) is 2.40. The number of nitrogens with zero attached hydrogens (tertiary/aromatic N) is 1. The lowest BCUT2D eigenvalue weighted by Gasteiger charge is -2.28. The standard InChI is InChI=1S/C17H20ClNO/c1-3-4-5-6-17(20)19(16-11-12-16)13(2)14-7-9-15(18)10-8-14/h3-10,13,16H,11-12H2,1-2H3/b4-3+,6-5+. The first-order valence-electron chi connectivity index (χ1n) is 7.00. The Kier molecular flexibility index (Phi) is 5.02. The summed E-state index contributed by atoms with van der Waals surface area (Å²) in [6, 6.07) is 8.18. The largest absolute Gasteiger partial charge is 0.329 e. The lowest BCUT2D eigenvalue weighted by molar-refractivity contribution is -0.128. The van der Waals surface area contributed by atoms with Crippen LogP contribution in [0.3, 0.4) is 0 Å². The summed E-state index contributed by atoms with van der Waals surface area (Å²) in [6.45, 7) is 4.01. The van der Waals surface area contributed by atoms with Gasteiger partial charge in [-0.15, -0.1) is 0 Å². The Morgan fingerprint density at radius 1 is 1.30 bits per heavy atom. The van der Waals surface area contributed by atoms with Crippen LogP contribution in [0.5, 0.6) is 0 Å². The van der Waals surface area contributed by atoms with Crippen molar-refractivity contribution >= 4 is 17.5 Å². The van der Waals surface area contributed by atoms with Gasteiger partial charge in [-0.05, 0) is 44.4 Å². The predicted molar refractivity (Wildman–Crippen MR) is 83.7 cm³/mol. The van der Waals surface area contributed by atoms with E-state index in [-0.39, 0.29) is 11.9 Å². The zero-order valence-electron chi connectivity index (χ0n) is 11.9. The maximum Gasteiger partial charge on any atom is 0.247 e. The van der Waals surface area contributed by atoms with Crippen LogP contribution in [0.2, 0.25) is 5.02 Å². The molecule has 1 aromatic rings. The quantitative estimate of drug-likeness (QED) is 0.576. The number of carbonyl (C=O) groups excluding carboxylic acids is 1. The maximum atomic E-state index is 12.4. The van der Waals surface area contributed by atoms with E-state index in [4.69, 9.17) is 11.6 Å². The molecule has 1 aliphatic carbocycles. The van der Waals surface area contributed by atoms with Crippen molar-refractivity contribution in [3.63, 3.8) is 0 Å². The Morgan fingerprint density at radius 2 is 1.95 bits per heavy atom. The second-order valence-electron chi connectivity index (χ2n) is 5.09. The molecule has 1 fully saturated rings. The van der Waals surface area contributed by atoms with Crippen LogP contribution in [-0.4, -0.2) is 16.8 Å². The molecule has 2 nitrogen and oxygen atoms in total. The number of halogens is 1. The van der Waals surface area contributed by atoms with Gasteiger partial charge in [-0.1, -0.05) is 42.0 Å². The van der Waals surface area contributed by atoms with E-state index in [1.165, 1.54) is 0 Å². The Hall–Kier alpha value is -1.54. The highest BCUT2D eigenvalue weighted by Gasteiger charge is 2.35. The van der Waals surface area contributed by atoms with Crippen LogP contribution in [-0.2, 0) is 4.79 Å². The minimum Gasteiger partial charge on any atom is -0.329 e. The van der Waals surface area contributed by atoms with Gasteiger partial charge in [0.05, 0.1) is 6.04 Å². The number of hydrogen-bond donors (Lipinski definition) is 0. The smallest absolute Gasteiger partial charge is 0.247 e. The van der Waals surface area contributed by atoms with Crippen LogP contribution < -0.4 is 0 Å². The molecule has 0 N–H and O–H groups in total. The van der Waals surface area contributed by atoms with Crippen molar-refractivity contribution in [3.8, 4) is 0 Å². The van der Waals surface area contributed by atoms with Gasteiger partial charge in [0.2, 0.25) is 5.91 Å². The van der Waals surface area contributed by atoms with Gasteiger partial charge in [-0.2, -0.15) is 0 Å². The molecule has 0 bridgehead atoms. The van der Waals surface area contributed by atoms with E-state index in [9.17, 15) is 4.79 Å². The van der Waals surface area contributed by atoms with Crippen molar-refractivity contribution in [2.75, 3.05) is 0 Å². The molecule has 1 aliphatic rings. The highest BCUT2D eigenvalue weighted by atomic mass is 35.5. The number of rotatable bonds is 5. The molecule has 0 heterocycles. The van der Waals surface area contributed by atoms with Crippen molar-refractivity contribution in [1.29, 1.82) is 0 Å². The van der Waals surface area contributed by atoms with Gasteiger partial charge in [-0.3, -0.25) is 4.79 Å². The van der Waals surface area contributed by atoms with E-state index >= 15 is 0 Å². The van der Waals surface area contributed by atoms with Gasteiger partial charge in [0.25, 0.3) is 0 Å². The summed E-state index contributed by atoms with van der Waals surface area (Å²) >= 11 is 5.92. The molecule has 3 heteroatoms. The highest BCUT2D eigenvalue weighted by molar-refractivity contribution is 6.30. The number of carbonyl (C=O) groups is 1. The monoisotopic (exact) mass is 289 g/mol. The molecule has 1 aromatic carbocycles. The molecular weight excluding hydrogens is 270 g/mol. The van der Waals surface area contributed by atoms with Crippen LogP contribution in [0, 0.1) is 0 Å². The Morgan fingerprint density at radius 3 is 2.50 bits per heavy atom. The normalized spacial score (nSPS) is 16.8. The Bertz CT molecular complexity index is 514. The molecule has 1 amide bonds. The lowest BCUT2D eigenvalue weighted by Crippen LogP contribution is -2.34. The average Bonchev–Trinajstić information content (AvgIpc) is 3.24. The lowest BCUT2D eigenvalue weighted by atomic mass is 10.1. The SMILES string of the molecule is C/C=C/C=C/C(=O)N(C1CC1)C(C)c1ccc(Cl)cc1. The van der Waals surface area contributed by atoms with E-state index in [0.29, 0.717) is 6.04 Å². The zero-order chi connectivity index (χ0) is 14.5. The van der Waals surface area contributed by atoms with E-state index in [1.54, 1.807) is 12.2 Å². The first kappa shape index (κ1) is 14.9. The Labute approximate surface area is 125 Å². The van der Waals surface area contributed by atoms with Gasteiger partial charge in [-0.25, -0.2) is 0 Å². The molecule has 1 saturated carbocycles. The van der Waals surface area contributed by atoms with Gasteiger partial charge < -0.3 is 4.90 Å². The van der Waals surface area contributed by atoms with Crippen molar-refractivity contribution in [1.82, 2.24) is 4.90 Å². The number of amides is 1. The molecule has 0 aromatic heterocycles. The first-order chi connectivity index (χ1) is 9.63. The predicted octanol–water partition coefficient (Wildman–Crippen LogP) is 4.52. The van der Waals surface area contributed by atoms with Gasteiger partial charge >= 0.3 is 0 Å². The van der Waals surface area contributed by atoms with Crippen molar-refractivity contribution in [2.24, 2.45) is 0 Å². The first-order valence-corrected chi connectivity index (χ1v) is 7.38. The summed E-state index contributed by atoms with van der Waals surface area (Å²) in [6.07, 6.45) is 9.42. The fraction of sp³-hybridized carbons (Fsp3) is 0.353. The summed E-state index contributed by atoms with van der Waals surface area (Å²) in [5.41, 5.74) is 1.12. The summed E-state index contributed by atoms with van der Waals surface area (Å²) in [5, 5.41) is 0.721. The van der Waals surface area contributed by atoms with Crippen LogP contribution in [0.4, 0.5) is 0 Å². The number of benzene rings is 1. The average molecular weight is 290 g/mol. The molecule has 1 atom stereocenters. The van der Waals surface area contributed by atoms with E-state index < -0.39 is 0 Å². The van der Waals surface area contributed by atoms with Crippen molar-refractivity contribution in [3.05, 3.63) is 59.2 Å². The molecule has 1 unspecified atom stereocenters. The van der Waals surface area contributed by atoms with Crippen LogP contribution in [0.1, 0.15) is 38.3 Å². The third-order valence-corrected chi connectivity index (χ3v) is 3.76. The van der Waals surface area contributed by atoms with Gasteiger partial charge in [0.15, 0.2) is 0 Å². The molecule has 0 spiro atoms. The third-order valence-electron chi connectivity index (χ3n) is 3.51. The maximum absolute atomic E-state index is 12.4. The summed E-state index contributed by atoms with van der Waals surface area (Å²) in [5.74, 6) is 0.0769. The minimum absolute atomic E-state index is 0.0718. The fourth-order valence-electron chi connectivity index (χ4n) is 2.28. The molecule has 0 aliphatic heterocycles. The summed E-state index contributed by atoms with van der Waals surface area (Å²) in [7, 11) is 0. The zero-order valence-corrected chi connectivity index (χ0v) is 12.7. The highest BCUT2D eigenvalue weighted by Crippen LogP contribution is 2.34. The second-order valence-corrected chi connectivity index (χ2v) is 5.53. The third kappa shape index (κ3) is 3.73. The van der Waals surface area contributed by atoms with Crippen LogP contribution >= 0.6 is 11.6 Å².